The molecule has 1 aromatic carbocycles. The highest BCUT2D eigenvalue weighted by Gasteiger charge is 2.54. The molecule has 5 atom stereocenters. The molecule has 0 spiro atoms. The molecule has 2 saturated carbocycles. The average Bonchev–Trinajstić information content (AvgIpc) is 2.84. The molecule has 2 N–H and O–H groups in total. The number of phenolic OH excluding ortho intramolecular Hbond substituents is 1. The number of aliphatic hydroxyl groups excluding tert-OH is 1. The lowest BCUT2D eigenvalue weighted by Crippen LogP contribution is -2.42. The number of rotatable bonds is 2. The van der Waals surface area contributed by atoms with Gasteiger partial charge in [-0.2, -0.15) is 0 Å². The first kappa shape index (κ1) is 14.6. The predicted octanol–water partition coefficient (Wildman–Crippen LogP) is 4.25. The Hall–Kier alpha value is -1.02. The number of phenols is 1. The normalized spacial score (nSPS) is 39.9. The van der Waals surface area contributed by atoms with Gasteiger partial charge in [0.25, 0.3) is 0 Å². The number of aryl methyl sites for hydroxylation is 1. The number of fused-ring (bicyclic) bond motifs is 5. The molecule has 0 unspecified atom stereocenters. The standard InChI is InChI=1S/C20H28O2/c1-20-10-8-17-16-6-4-15(22)12-13(16)2-5-18(17)19(20)7-3-14(20)9-11-21/h4,6,12,14,17-19,21-22H,2-3,5,7-11H2,1H3/t14-,17-,18-,19+,20-/m1/s1. The molecule has 0 amide bonds. The molecule has 4 rings (SSSR count). The van der Waals surface area contributed by atoms with Crippen molar-refractivity contribution >= 4 is 0 Å². The van der Waals surface area contributed by atoms with Crippen molar-refractivity contribution in [3.8, 4) is 5.75 Å². The van der Waals surface area contributed by atoms with Gasteiger partial charge in [0.2, 0.25) is 0 Å². The van der Waals surface area contributed by atoms with Gasteiger partial charge >= 0.3 is 0 Å². The minimum absolute atomic E-state index is 0.350. The van der Waals surface area contributed by atoms with E-state index in [1.54, 1.807) is 0 Å². The van der Waals surface area contributed by atoms with Crippen LogP contribution in [0.2, 0.25) is 0 Å². The summed E-state index contributed by atoms with van der Waals surface area (Å²) in [5.41, 5.74) is 3.36. The van der Waals surface area contributed by atoms with Crippen LogP contribution in [-0.2, 0) is 6.42 Å². The van der Waals surface area contributed by atoms with Gasteiger partial charge in [0.05, 0.1) is 0 Å². The third-order valence-corrected chi connectivity index (χ3v) is 7.38. The van der Waals surface area contributed by atoms with Crippen molar-refractivity contribution in [3.05, 3.63) is 29.3 Å². The van der Waals surface area contributed by atoms with E-state index in [2.05, 4.69) is 13.0 Å². The van der Waals surface area contributed by atoms with Crippen LogP contribution in [-0.4, -0.2) is 16.8 Å². The molecule has 2 fully saturated rings. The van der Waals surface area contributed by atoms with Crippen molar-refractivity contribution < 1.29 is 10.2 Å². The number of hydrogen-bond acceptors (Lipinski definition) is 2. The zero-order valence-corrected chi connectivity index (χ0v) is 13.6. The van der Waals surface area contributed by atoms with Crippen molar-refractivity contribution in [1.29, 1.82) is 0 Å². The van der Waals surface area contributed by atoms with Gasteiger partial charge in [0.1, 0.15) is 5.75 Å². The van der Waals surface area contributed by atoms with E-state index in [0.717, 1.165) is 30.6 Å². The first-order valence-corrected chi connectivity index (χ1v) is 9.06. The molecule has 3 aliphatic rings. The lowest BCUT2D eigenvalue weighted by atomic mass is 9.54. The summed E-state index contributed by atoms with van der Waals surface area (Å²) in [5, 5.41) is 19.1. The molecule has 120 valence electrons. The quantitative estimate of drug-likeness (QED) is 0.857. The summed E-state index contributed by atoms with van der Waals surface area (Å²) in [6.45, 7) is 2.86. The summed E-state index contributed by atoms with van der Waals surface area (Å²) >= 11 is 0. The third-order valence-electron chi connectivity index (χ3n) is 7.38. The average molecular weight is 300 g/mol. The minimum atomic E-state index is 0.350. The fraction of sp³-hybridized carbons (Fsp3) is 0.700. The first-order valence-electron chi connectivity index (χ1n) is 9.06. The summed E-state index contributed by atoms with van der Waals surface area (Å²) in [4.78, 5) is 0. The van der Waals surface area contributed by atoms with E-state index in [9.17, 15) is 10.2 Å². The summed E-state index contributed by atoms with van der Waals surface area (Å²) in [6.07, 6.45) is 8.68. The molecule has 0 saturated heterocycles. The fourth-order valence-corrected chi connectivity index (χ4v) is 6.31. The molecule has 0 heterocycles. The molecule has 0 aliphatic heterocycles. The number of aromatic hydroxyl groups is 1. The van der Waals surface area contributed by atoms with E-state index in [0.29, 0.717) is 23.7 Å². The van der Waals surface area contributed by atoms with Gasteiger partial charge in [-0.15, -0.1) is 0 Å². The van der Waals surface area contributed by atoms with Gasteiger partial charge in [0, 0.05) is 6.61 Å². The Morgan fingerprint density at radius 1 is 1.18 bits per heavy atom. The van der Waals surface area contributed by atoms with Crippen LogP contribution in [0.5, 0.6) is 5.75 Å². The Kier molecular flexibility index (Phi) is 3.48. The molecule has 2 heteroatoms. The number of hydrogen-bond donors (Lipinski definition) is 2. The number of aliphatic hydroxyl groups is 1. The highest BCUT2D eigenvalue weighted by Crippen LogP contribution is 2.63. The lowest BCUT2D eigenvalue weighted by Gasteiger charge is -2.51. The maximum absolute atomic E-state index is 9.75. The smallest absolute Gasteiger partial charge is 0.115 e. The van der Waals surface area contributed by atoms with Crippen molar-refractivity contribution in [2.45, 2.75) is 57.8 Å². The molecular weight excluding hydrogens is 272 g/mol. The van der Waals surface area contributed by atoms with Crippen LogP contribution in [0.15, 0.2) is 18.2 Å². The zero-order valence-electron chi connectivity index (χ0n) is 13.6. The van der Waals surface area contributed by atoms with Gasteiger partial charge < -0.3 is 10.2 Å². The zero-order chi connectivity index (χ0) is 15.3. The predicted molar refractivity (Wildman–Crippen MR) is 87.9 cm³/mol. The summed E-state index contributed by atoms with van der Waals surface area (Å²) in [5.74, 6) is 3.51. The van der Waals surface area contributed by atoms with Crippen LogP contribution in [0.1, 0.15) is 62.5 Å². The van der Waals surface area contributed by atoms with Crippen LogP contribution in [0.4, 0.5) is 0 Å². The minimum Gasteiger partial charge on any atom is -0.508 e. The molecular formula is C20H28O2. The maximum atomic E-state index is 9.75. The van der Waals surface area contributed by atoms with Crippen molar-refractivity contribution in [2.24, 2.45) is 23.2 Å². The highest BCUT2D eigenvalue weighted by molar-refractivity contribution is 5.40. The maximum Gasteiger partial charge on any atom is 0.115 e. The second kappa shape index (κ2) is 5.26. The Balaban J connectivity index is 1.64. The summed E-state index contributed by atoms with van der Waals surface area (Å²) in [6, 6.07) is 6.05. The van der Waals surface area contributed by atoms with Gasteiger partial charge in [-0.25, -0.2) is 0 Å². The van der Waals surface area contributed by atoms with E-state index in [-0.39, 0.29) is 0 Å². The van der Waals surface area contributed by atoms with Gasteiger partial charge in [-0.05, 0) is 97.3 Å². The van der Waals surface area contributed by atoms with E-state index < -0.39 is 0 Å². The summed E-state index contributed by atoms with van der Waals surface area (Å²) in [7, 11) is 0. The highest BCUT2D eigenvalue weighted by atomic mass is 16.3. The Morgan fingerprint density at radius 3 is 2.86 bits per heavy atom. The first-order chi connectivity index (χ1) is 10.6. The topological polar surface area (TPSA) is 40.5 Å². The second-order valence-corrected chi connectivity index (χ2v) is 8.13. The summed E-state index contributed by atoms with van der Waals surface area (Å²) < 4.78 is 0. The Bertz CT molecular complexity index is 567. The second-order valence-electron chi connectivity index (χ2n) is 8.13. The molecule has 22 heavy (non-hydrogen) atoms. The van der Waals surface area contributed by atoms with Gasteiger partial charge in [0.15, 0.2) is 0 Å². The largest absolute Gasteiger partial charge is 0.508 e. The van der Waals surface area contributed by atoms with Crippen LogP contribution < -0.4 is 0 Å². The van der Waals surface area contributed by atoms with Crippen LogP contribution in [0, 0.1) is 23.2 Å². The van der Waals surface area contributed by atoms with Crippen molar-refractivity contribution in [3.63, 3.8) is 0 Å². The van der Waals surface area contributed by atoms with Crippen LogP contribution in [0.25, 0.3) is 0 Å². The van der Waals surface area contributed by atoms with Crippen molar-refractivity contribution in [1.82, 2.24) is 0 Å². The molecule has 1 aromatic rings. The van der Waals surface area contributed by atoms with Crippen LogP contribution in [0.3, 0.4) is 0 Å². The van der Waals surface area contributed by atoms with Crippen molar-refractivity contribution in [2.75, 3.05) is 6.61 Å². The fourth-order valence-electron chi connectivity index (χ4n) is 6.31. The lowest BCUT2D eigenvalue weighted by molar-refractivity contribution is 0.0209. The number of benzene rings is 1. The Labute approximate surface area is 133 Å². The monoisotopic (exact) mass is 300 g/mol. The molecule has 3 aliphatic carbocycles. The van der Waals surface area contributed by atoms with E-state index in [1.807, 2.05) is 12.1 Å². The van der Waals surface area contributed by atoms with Gasteiger partial charge in [-0.3, -0.25) is 0 Å². The van der Waals surface area contributed by atoms with Gasteiger partial charge in [-0.1, -0.05) is 13.0 Å². The molecule has 0 aromatic heterocycles. The molecule has 0 bridgehead atoms. The molecule has 2 nitrogen and oxygen atoms in total. The third kappa shape index (κ3) is 2.03. The molecule has 0 radical (unpaired) electrons. The van der Waals surface area contributed by atoms with E-state index in [1.165, 1.54) is 43.2 Å². The SMILES string of the molecule is C[C@]12CC[C@@H]3c4ccc(O)cc4CC[C@H]3[C@@H]1CC[C@@H]2CCO. The van der Waals surface area contributed by atoms with E-state index in [4.69, 9.17) is 0 Å². The Morgan fingerprint density at radius 2 is 2.05 bits per heavy atom. The van der Waals surface area contributed by atoms with Crippen LogP contribution >= 0.6 is 0 Å². The van der Waals surface area contributed by atoms with E-state index >= 15 is 0 Å².